The lowest BCUT2D eigenvalue weighted by molar-refractivity contribution is -0.912. The Bertz CT molecular complexity index is 472. The maximum Gasteiger partial charge on any atom is 0.0963 e. The molecule has 0 atom stereocenters. The molecule has 1 saturated heterocycles. The van der Waals surface area contributed by atoms with E-state index in [1.54, 1.807) is 0 Å². The van der Waals surface area contributed by atoms with Gasteiger partial charge in [-0.05, 0) is 25.2 Å². The first kappa shape index (κ1) is 18.9. The van der Waals surface area contributed by atoms with E-state index in [4.69, 9.17) is 5.73 Å². The molecule has 0 bridgehead atoms. The highest BCUT2D eigenvalue weighted by Gasteiger charge is 2.27. The summed E-state index contributed by atoms with van der Waals surface area (Å²) in [5, 5.41) is 3.10. The standard InChI is InChI=1S/C16H30N5.ClH/c1-18-16-6-5-14(13-15(16)17)20(3)9-12-21(4)10-7-19(2)8-11-21;/h5-6,13,18H,7-12,17H2,1-4H3;1H/q+1;/p-1. The number of nitrogens with zero attached hydrogens (tertiary/aromatic N) is 3. The van der Waals surface area contributed by atoms with Crippen LogP contribution in [0, 0.1) is 0 Å². The molecule has 1 aromatic carbocycles. The molecule has 126 valence electrons. The topological polar surface area (TPSA) is 44.5 Å². The predicted molar refractivity (Wildman–Crippen MR) is 92.0 cm³/mol. The van der Waals surface area contributed by atoms with Crippen LogP contribution in [0.4, 0.5) is 17.1 Å². The molecular formula is C16H30ClN5. The molecule has 0 radical (unpaired) electrons. The second-order valence-corrected chi connectivity index (χ2v) is 6.54. The van der Waals surface area contributed by atoms with E-state index in [0.717, 1.165) is 17.9 Å². The number of halogens is 1. The molecule has 1 aliphatic heterocycles. The van der Waals surface area contributed by atoms with Crippen molar-refractivity contribution in [1.29, 1.82) is 0 Å². The number of hydrogen-bond donors (Lipinski definition) is 2. The van der Waals surface area contributed by atoms with E-state index in [0.29, 0.717) is 0 Å². The summed E-state index contributed by atoms with van der Waals surface area (Å²) < 4.78 is 1.17. The maximum absolute atomic E-state index is 6.05. The molecule has 0 aromatic heterocycles. The van der Waals surface area contributed by atoms with Crippen LogP contribution in [0.2, 0.25) is 0 Å². The number of benzene rings is 1. The number of hydrogen-bond acceptors (Lipinski definition) is 4. The third-order valence-electron chi connectivity index (χ3n) is 4.76. The van der Waals surface area contributed by atoms with Crippen LogP contribution in [0.1, 0.15) is 0 Å². The van der Waals surface area contributed by atoms with E-state index in [1.807, 2.05) is 13.1 Å². The summed E-state index contributed by atoms with van der Waals surface area (Å²) in [4.78, 5) is 4.72. The largest absolute Gasteiger partial charge is 1.00 e. The molecule has 22 heavy (non-hydrogen) atoms. The van der Waals surface area contributed by atoms with Gasteiger partial charge in [-0.1, -0.05) is 0 Å². The van der Waals surface area contributed by atoms with E-state index in [1.165, 1.54) is 42.9 Å². The van der Waals surface area contributed by atoms with Crippen LogP contribution in [0.5, 0.6) is 0 Å². The van der Waals surface area contributed by atoms with E-state index < -0.39 is 0 Å². The average Bonchev–Trinajstić information content (AvgIpc) is 2.48. The molecular weight excluding hydrogens is 298 g/mol. The Morgan fingerprint density at radius 3 is 2.50 bits per heavy atom. The van der Waals surface area contributed by atoms with Crippen molar-refractivity contribution in [1.82, 2.24) is 4.90 Å². The van der Waals surface area contributed by atoms with Crippen molar-refractivity contribution in [2.45, 2.75) is 0 Å². The summed E-state index contributed by atoms with van der Waals surface area (Å²) in [6, 6.07) is 6.23. The first-order valence-electron chi connectivity index (χ1n) is 7.74. The highest BCUT2D eigenvalue weighted by Crippen LogP contribution is 2.24. The highest BCUT2D eigenvalue weighted by molar-refractivity contribution is 5.71. The summed E-state index contributed by atoms with van der Waals surface area (Å²) >= 11 is 0. The molecule has 0 amide bonds. The fourth-order valence-corrected chi connectivity index (χ4v) is 2.81. The van der Waals surface area contributed by atoms with Gasteiger partial charge in [0.2, 0.25) is 0 Å². The zero-order valence-corrected chi connectivity index (χ0v) is 15.0. The van der Waals surface area contributed by atoms with E-state index in [-0.39, 0.29) is 12.4 Å². The minimum Gasteiger partial charge on any atom is -1.00 e. The van der Waals surface area contributed by atoms with Crippen LogP contribution in [-0.2, 0) is 0 Å². The summed E-state index contributed by atoms with van der Waals surface area (Å²) in [6.45, 7) is 7.11. The van der Waals surface area contributed by atoms with Crippen molar-refractivity contribution < 1.29 is 16.9 Å². The second-order valence-electron chi connectivity index (χ2n) is 6.54. The Morgan fingerprint density at radius 1 is 1.32 bits per heavy atom. The number of likely N-dealkylation sites (N-methyl/N-ethyl adjacent to an activating group) is 3. The molecule has 1 aliphatic rings. The lowest BCUT2D eigenvalue weighted by Gasteiger charge is -2.41. The van der Waals surface area contributed by atoms with Gasteiger partial charge in [-0.2, -0.15) is 0 Å². The van der Waals surface area contributed by atoms with Crippen LogP contribution < -0.4 is 28.4 Å². The molecule has 5 nitrogen and oxygen atoms in total. The highest BCUT2D eigenvalue weighted by atomic mass is 35.5. The van der Waals surface area contributed by atoms with Crippen LogP contribution in [0.15, 0.2) is 18.2 Å². The van der Waals surface area contributed by atoms with Gasteiger partial charge in [-0.3, -0.25) is 4.90 Å². The van der Waals surface area contributed by atoms with Gasteiger partial charge < -0.3 is 32.8 Å². The second kappa shape index (κ2) is 7.90. The third kappa shape index (κ3) is 4.66. The Hall–Kier alpha value is -1.17. The molecule has 6 heteroatoms. The summed E-state index contributed by atoms with van der Waals surface area (Å²) in [5.74, 6) is 0. The van der Waals surface area contributed by atoms with Crippen molar-refractivity contribution in [3.8, 4) is 0 Å². The molecule has 0 aliphatic carbocycles. The average molecular weight is 328 g/mol. The molecule has 0 spiro atoms. The SMILES string of the molecule is CNc1ccc(N(C)CC[N+]2(C)CCN(C)CC2)cc1N.[Cl-]. The molecule has 3 N–H and O–H groups in total. The minimum absolute atomic E-state index is 0. The molecule has 1 fully saturated rings. The minimum atomic E-state index is 0. The predicted octanol–water partition coefficient (Wildman–Crippen LogP) is -1.86. The zero-order chi connectivity index (χ0) is 15.5. The molecule has 0 saturated carbocycles. The normalized spacial score (nSPS) is 17.6. The van der Waals surface area contributed by atoms with Crippen molar-refractivity contribution in [3.63, 3.8) is 0 Å². The molecule has 0 unspecified atom stereocenters. The molecule has 2 rings (SSSR count). The number of nitrogen functional groups attached to an aromatic ring is 1. The maximum atomic E-state index is 6.05. The van der Waals surface area contributed by atoms with Gasteiger partial charge in [0.25, 0.3) is 0 Å². The number of anilines is 3. The smallest absolute Gasteiger partial charge is 0.0963 e. The first-order chi connectivity index (χ1) is 9.93. The first-order valence-corrected chi connectivity index (χ1v) is 7.74. The van der Waals surface area contributed by atoms with Crippen molar-refractivity contribution in [2.75, 3.05) is 83.4 Å². The van der Waals surface area contributed by atoms with Crippen molar-refractivity contribution >= 4 is 17.1 Å². The Morgan fingerprint density at radius 2 is 1.95 bits per heavy atom. The quantitative estimate of drug-likeness (QED) is 0.492. The van der Waals surface area contributed by atoms with Crippen molar-refractivity contribution in [2.24, 2.45) is 0 Å². The Kier molecular flexibility index (Phi) is 6.78. The summed E-state index contributed by atoms with van der Waals surface area (Å²) in [6.07, 6.45) is 0. The fourth-order valence-electron chi connectivity index (χ4n) is 2.81. The van der Waals surface area contributed by atoms with Crippen LogP contribution in [-0.4, -0.2) is 76.8 Å². The van der Waals surface area contributed by atoms with Gasteiger partial charge in [-0.15, -0.1) is 0 Å². The van der Waals surface area contributed by atoms with Gasteiger partial charge >= 0.3 is 0 Å². The summed E-state index contributed by atoms with van der Waals surface area (Å²) in [5.41, 5.74) is 9.04. The number of nitrogens with one attached hydrogen (secondary N) is 1. The van der Waals surface area contributed by atoms with Gasteiger partial charge in [0.15, 0.2) is 0 Å². The van der Waals surface area contributed by atoms with Crippen LogP contribution in [0.3, 0.4) is 0 Å². The Balaban J connectivity index is 0.00000242. The number of quaternary nitrogens is 1. The Labute approximate surface area is 141 Å². The number of rotatable bonds is 5. The van der Waals surface area contributed by atoms with E-state index >= 15 is 0 Å². The van der Waals surface area contributed by atoms with E-state index in [9.17, 15) is 0 Å². The van der Waals surface area contributed by atoms with Crippen molar-refractivity contribution in [3.05, 3.63) is 18.2 Å². The number of piperazine rings is 1. The molecule has 1 heterocycles. The molecule has 1 aromatic rings. The third-order valence-corrected chi connectivity index (χ3v) is 4.76. The van der Waals surface area contributed by atoms with Gasteiger partial charge in [0, 0.05) is 32.9 Å². The number of nitrogens with two attached hydrogens (primary N) is 1. The van der Waals surface area contributed by atoms with Crippen LogP contribution >= 0.6 is 0 Å². The van der Waals surface area contributed by atoms with E-state index in [2.05, 4.69) is 48.4 Å². The lowest BCUT2D eigenvalue weighted by atomic mass is 10.2. The fraction of sp³-hybridized carbons (Fsp3) is 0.625. The van der Waals surface area contributed by atoms with Crippen LogP contribution in [0.25, 0.3) is 0 Å². The lowest BCUT2D eigenvalue weighted by Crippen LogP contribution is -3.00. The van der Waals surface area contributed by atoms with Gasteiger partial charge in [0.05, 0.1) is 44.6 Å². The van der Waals surface area contributed by atoms with Gasteiger partial charge in [0.1, 0.15) is 0 Å². The summed E-state index contributed by atoms with van der Waals surface area (Å²) in [7, 11) is 8.63. The zero-order valence-electron chi connectivity index (χ0n) is 14.3. The monoisotopic (exact) mass is 327 g/mol. The van der Waals surface area contributed by atoms with Gasteiger partial charge in [-0.25, -0.2) is 0 Å².